The summed E-state index contributed by atoms with van der Waals surface area (Å²) in [4.78, 5) is 12.7. The van der Waals surface area contributed by atoms with Crippen LogP contribution in [-0.4, -0.2) is 22.9 Å². The van der Waals surface area contributed by atoms with E-state index in [4.69, 9.17) is 4.74 Å². The minimum absolute atomic E-state index is 0.0253. The third-order valence-corrected chi connectivity index (χ3v) is 5.21. The second kappa shape index (κ2) is 8.53. The SMILES string of the molecule is Cc1ccc(NC(=O)O[C@@H](c2ccc(O)c3ccccc23)C(C)(C)CCO)cc1. The van der Waals surface area contributed by atoms with E-state index in [1.165, 1.54) is 0 Å². The van der Waals surface area contributed by atoms with Crippen molar-refractivity contribution in [3.63, 3.8) is 0 Å². The van der Waals surface area contributed by atoms with Crippen LogP contribution in [0.3, 0.4) is 0 Å². The quantitative estimate of drug-likeness (QED) is 0.513. The standard InChI is InChI=1S/C24H27NO4/c1-16-8-10-17(11-9-16)25-23(28)29-22(24(2,3)14-15-26)20-12-13-21(27)19-7-5-4-6-18(19)20/h4-13,22,26-27H,14-15H2,1-3H3,(H,25,28)/t22-/m0/s1. The molecule has 0 saturated carbocycles. The van der Waals surface area contributed by atoms with Crippen molar-refractivity contribution < 1.29 is 19.7 Å². The van der Waals surface area contributed by atoms with Gasteiger partial charge in [-0.2, -0.15) is 0 Å². The van der Waals surface area contributed by atoms with Crippen molar-refractivity contribution in [3.05, 3.63) is 71.8 Å². The maximum Gasteiger partial charge on any atom is 0.412 e. The van der Waals surface area contributed by atoms with Gasteiger partial charge in [-0.15, -0.1) is 0 Å². The fraction of sp³-hybridized carbons (Fsp3) is 0.292. The summed E-state index contributed by atoms with van der Waals surface area (Å²) in [7, 11) is 0. The molecule has 1 amide bonds. The number of aryl methyl sites for hydroxylation is 1. The van der Waals surface area contributed by atoms with E-state index in [-0.39, 0.29) is 12.4 Å². The summed E-state index contributed by atoms with van der Waals surface area (Å²) in [5.41, 5.74) is 2.01. The number of phenolic OH excluding ortho intramolecular Hbond substituents is 1. The lowest BCUT2D eigenvalue weighted by Gasteiger charge is -2.34. The number of nitrogens with one attached hydrogen (secondary N) is 1. The summed E-state index contributed by atoms with van der Waals surface area (Å²) in [5.74, 6) is 0.173. The first-order valence-corrected chi connectivity index (χ1v) is 9.67. The van der Waals surface area contributed by atoms with Crippen LogP contribution in [0, 0.1) is 12.3 Å². The van der Waals surface area contributed by atoms with Crippen molar-refractivity contribution in [2.45, 2.75) is 33.3 Å². The van der Waals surface area contributed by atoms with Gasteiger partial charge in [0.15, 0.2) is 0 Å². The Kier molecular flexibility index (Phi) is 6.09. The minimum Gasteiger partial charge on any atom is -0.507 e. The van der Waals surface area contributed by atoms with Crippen molar-refractivity contribution in [2.75, 3.05) is 11.9 Å². The number of benzene rings is 3. The van der Waals surface area contributed by atoms with Crippen molar-refractivity contribution >= 4 is 22.6 Å². The first-order valence-electron chi connectivity index (χ1n) is 9.67. The Morgan fingerprint density at radius 1 is 1.03 bits per heavy atom. The molecule has 29 heavy (non-hydrogen) atoms. The second-order valence-electron chi connectivity index (χ2n) is 7.96. The molecule has 3 N–H and O–H groups in total. The molecule has 1 atom stereocenters. The Morgan fingerprint density at radius 3 is 2.34 bits per heavy atom. The van der Waals surface area contributed by atoms with Gasteiger partial charge in [0.2, 0.25) is 0 Å². The summed E-state index contributed by atoms with van der Waals surface area (Å²) in [6.45, 7) is 5.86. The molecule has 5 heteroatoms. The molecule has 5 nitrogen and oxygen atoms in total. The highest BCUT2D eigenvalue weighted by molar-refractivity contribution is 5.91. The molecular formula is C24H27NO4. The molecule has 0 fully saturated rings. The Hall–Kier alpha value is -3.05. The molecule has 0 aliphatic rings. The fourth-order valence-electron chi connectivity index (χ4n) is 3.49. The number of ether oxygens (including phenoxy) is 1. The van der Waals surface area contributed by atoms with E-state index in [1.807, 2.05) is 69.3 Å². The number of anilines is 1. The van der Waals surface area contributed by atoms with Crippen LogP contribution in [-0.2, 0) is 4.74 Å². The second-order valence-corrected chi connectivity index (χ2v) is 7.96. The van der Waals surface area contributed by atoms with Gasteiger partial charge in [-0.25, -0.2) is 4.79 Å². The monoisotopic (exact) mass is 393 g/mol. The highest BCUT2D eigenvalue weighted by Crippen LogP contribution is 2.43. The van der Waals surface area contributed by atoms with Crippen molar-refractivity contribution in [3.8, 4) is 5.75 Å². The third kappa shape index (κ3) is 4.69. The van der Waals surface area contributed by atoms with E-state index in [2.05, 4.69) is 5.32 Å². The van der Waals surface area contributed by atoms with Gasteiger partial charge in [0.25, 0.3) is 0 Å². The number of hydrogen-bond acceptors (Lipinski definition) is 4. The predicted molar refractivity (Wildman–Crippen MR) is 115 cm³/mol. The average molecular weight is 393 g/mol. The number of aromatic hydroxyl groups is 1. The fourth-order valence-corrected chi connectivity index (χ4v) is 3.49. The molecule has 0 radical (unpaired) electrons. The van der Waals surface area contributed by atoms with E-state index in [0.29, 0.717) is 17.5 Å². The molecule has 0 aliphatic carbocycles. The van der Waals surface area contributed by atoms with Crippen molar-refractivity contribution in [1.82, 2.24) is 0 Å². The number of aliphatic hydroxyl groups excluding tert-OH is 1. The molecule has 3 aromatic carbocycles. The summed E-state index contributed by atoms with van der Waals surface area (Å²) in [5, 5.41) is 24.1. The molecule has 0 bridgehead atoms. The van der Waals surface area contributed by atoms with Gasteiger partial charge in [-0.1, -0.05) is 61.9 Å². The number of carbonyl (C=O) groups excluding carboxylic acids is 1. The first-order chi connectivity index (χ1) is 13.8. The number of phenols is 1. The van der Waals surface area contributed by atoms with Crippen LogP contribution in [0.4, 0.5) is 10.5 Å². The highest BCUT2D eigenvalue weighted by Gasteiger charge is 2.35. The van der Waals surface area contributed by atoms with E-state index < -0.39 is 17.6 Å². The maximum absolute atomic E-state index is 12.7. The predicted octanol–water partition coefficient (Wildman–Crippen LogP) is 5.55. The summed E-state index contributed by atoms with van der Waals surface area (Å²) < 4.78 is 5.89. The van der Waals surface area contributed by atoms with Crippen molar-refractivity contribution in [2.24, 2.45) is 5.41 Å². The molecule has 0 aliphatic heterocycles. The zero-order chi connectivity index (χ0) is 21.0. The molecule has 0 heterocycles. The number of aliphatic hydroxyl groups is 1. The van der Waals surface area contributed by atoms with Gasteiger partial charge in [0.05, 0.1) is 0 Å². The van der Waals surface area contributed by atoms with Crippen LogP contribution >= 0.6 is 0 Å². The van der Waals surface area contributed by atoms with Gasteiger partial charge in [-0.05, 0) is 36.9 Å². The van der Waals surface area contributed by atoms with Gasteiger partial charge < -0.3 is 14.9 Å². The largest absolute Gasteiger partial charge is 0.507 e. The lowest BCUT2D eigenvalue weighted by molar-refractivity contribution is 0.0161. The zero-order valence-corrected chi connectivity index (χ0v) is 17.0. The van der Waals surface area contributed by atoms with Crippen LogP contribution in [0.15, 0.2) is 60.7 Å². The first kappa shape index (κ1) is 20.7. The topological polar surface area (TPSA) is 78.8 Å². The molecule has 0 aromatic heterocycles. The van der Waals surface area contributed by atoms with E-state index in [1.54, 1.807) is 12.1 Å². The number of carbonyl (C=O) groups is 1. The molecular weight excluding hydrogens is 366 g/mol. The summed E-state index contributed by atoms with van der Waals surface area (Å²) in [6.07, 6.45) is -0.738. The number of amides is 1. The van der Waals surface area contributed by atoms with E-state index in [9.17, 15) is 15.0 Å². The minimum atomic E-state index is -0.620. The Balaban J connectivity index is 1.97. The lowest BCUT2D eigenvalue weighted by atomic mass is 9.78. The zero-order valence-electron chi connectivity index (χ0n) is 17.0. The normalized spacial score (nSPS) is 12.6. The smallest absolute Gasteiger partial charge is 0.412 e. The van der Waals surface area contributed by atoms with Crippen LogP contribution in [0.5, 0.6) is 5.75 Å². The van der Waals surface area contributed by atoms with Crippen molar-refractivity contribution in [1.29, 1.82) is 0 Å². The van der Waals surface area contributed by atoms with Crippen LogP contribution in [0.1, 0.15) is 37.5 Å². The lowest BCUT2D eigenvalue weighted by Crippen LogP contribution is -2.30. The van der Waals surface area contributed by atoms with E-state index >= 15 is 0 Å². The Bertz CT molecular complexity index is 995. The molecule has 3 rings (SSSR count). The number of fused-ring (bicyclic) bond motifs is 1. The Morgan fingerprint density at radius 2 is 1.69 bits per heavy atom. The summed E-state index contributed by atoms with van der Waals surface area (Å²) in [6, 6.07) is 18.3. The number of rotatable bonds is 6. The molecule has 0 unspecified atom stereocenters. The van der Waals surface area contributed by atoms with Crippen LogP contribution in [0.2, 0.25) is 0 Å². The third-order valence-electron chi connectivity index (χ3n) is 5.21. The van der Waals surface area contributed by atoms with Crippen LogP contribution < -0.4 is 5.32 Å². The molecule has 3 aromatic rings. The molecule has 0 saturated heterocycles. The summed E-state index contributed by atoms with van der Waals surface area (Å²) >= 11 is 0. The number of hydrogen-bond donors (Lipinski definition) is 3. The highest BCUT2D eigenvalue weighted by atomic mass is 16.6. The van der Waals surface area contributed by atoms with Gasteiger partial charge >= 0.3 is 6.09 Å². The Labute approximate surface area is 171 Å². The molecule has 152 valence electrons. The van der Waals surface area contributed by atoms with Gasteiger partial charge in [0.1, 0.15) is 11.9 Å². The van der Waals surface area contributed by atoms with Gasteiger partial charge in [-0.3, -0.25) is 5.32 Å². The van der Waals surface area contributed by atoms with Crippen LogP contribution in [0.25, 0.3) is 10.8 Å². The van der Waals surface area contributed by atoms with Gasteiger partial charge in [0, 0.05) is 28.7 Å². The average Bonchev–Trinajstić information content (AvgIpc) is 2.69. The maximum atomic E-state index is 12.7. The van der Waals surface area contributed by atoms with E-state index in [0.717, 1.165) is 16.5 Å². The molecule has 0 spiro atoms.